The predicted molar refractivity (Wildman–Crippen MR) is 89.6 cm³/mol. The van der Waals surface area contributed by atoms with Crippen LogP contribution in [0.2, 0.25) is 0 Å². The van der Waals surface area contributed by atoms with Crippen molar-refractivity contribution < 1.29 is 18.1 Å². The third kappa shape index (κ3) is 3.40. The number of halogens is 2. The maximum Gasteiger partial charge on any atom is 0.278 e. The van der Waals surface area contributed by atoms with E-state index in [4.69, 9.17) is 4.52 Å². The summed E-state index contributed by atoms with van der Waals surface area (Å²) in [6, 6.07) is 3.38. The van der Waals surface area contributed by atoms with E-state index in [1.807, 2.05) is 0 Å². The number of hydrogen-bond acceptors (Lipinski definition) is 6. The van der Waals surface area contributed by atoms with Gasteiger partial charge in [-0.15, -0.1) is 0 Å². The lowest BCUT2D eigenvalue weighted by Gasteiger charge is -2.31. The average Bonchev–Trinajstić information content (AvgIpc) is 3.19. The summed E-state index contributed by atoms with van der Waals surface area (Å²) in [4.78, 5) is 26.4. The standard InChI is InChI=1S/C18H15F2N5O2/c19-12-4-1-5-13(20)15(12)18(26)25-8-2-3-11(10-25)16-23-17(27-24-16)14-9-21-6-7-22-14/h1,4-7,9,11H,2-3,8,10H2/t11-/m0/s1. The minimum atomic E-state index is -0.869. The smallest absolute Gasteiger partial charge is 0.278 e. The molecule has 1 saturated heterocycles. The molecular weight excluding hydrogens is 356 g/mol. The second-order valence-electron chi connectivity index (χ2n) is 6.24. The highest BCUT2D eigenvalue weighted by Gasteiger charge is 2.31. The first-order valence-electron chi connectivity index (χ1n) is 8.47. The lowest BCUT2D eigenvalue weighted by Crippen LogP contribution is -2.40. The maximum atomic E-state index is 13.9. The van der Waals surface area contributed by atoms with Gasteiger partial charge in [-0.1, -0.05) is 11.2 Å². The van der Waals surface area contributed by atoms with Crippen LogP contribution >= 0.6 is 0 Å². The van der Waals surface area contributed by atoms with Gasteiger partial charge in [-0.05, 0) is 25.0 Å². The van der Waals surface area contributed by atoms with Crippen molar-refractivity contribution in [1.29, 1.82) is 0 Å². The Morgan fingerprint density at radius 3 is 2.78 bits per heavy atom. The number of nitrogens with zero attached hydrogens (tertiary/aromatic N) is 5. The molecule has 1 fully saturated rings. The number of likely N-dealkylation sites (tertiary alicyclic amines) is 1. The molecule has 3 heterocycles. The summed E-state index contributed by atoms with van der Waals surface area (Å²) < 4.78 is 33.1. The van der Waals surface area contributed by atoms with Crippen LogP contribution in [0.15, 0.2) is 41.3 Å². The number of aromatic nitrogens is 4. The van der Waals surface area contributed by atoms with Crippen molar-refractivity contribution in [3.63, 3.8) is 0 Å². The molecule has 1 aliphatic rings. The van der Waals surface area contributed by atoms with Gasteiger partial charge in [0.1, 0.15) is 22.9 Å². The van der Waals surface area contributed by atoms with Gasteiger partial charge in [-0.25, -0.2) is 13.8 Å². The van der Waals surface area contributed by atoms with Crippen molar-refractivity contribution in [2.75, 3.05) is 13.1 Å². The molecule has 9 heteroatoms. The van der Waals surface area contributed by atoms with Gasteiger partial charge in [0.05, 0.1) is 6.20 Å². The van der Waals surface area contributed by atoms with E-state index in [1.54, 1.807) is 0 Å². The molecule has 27 heavy (non-hydrogen) atoms. The summed E-state index contributed by atoms with van der Waals surface area (Å²) >= 11 is 0. The second-order valence-corrected chi connectivity index (χ2v) is 6.24. The van der Waals surface area contributed by atoms with Gasteiger partial charge in [0, 0.05) is 31.4 Å². The van der Waals surface area contributed by atoms with Crippen LogP contribution in [-0.4, -0.2) is 44.0 Å². The molecule has 0 saturated carbocycles. The van der Waals surface area contributed by atoms with Crippen molar-refractivity contribution in [3.05, 3.63) is 59.8 Å². The van der Waals surface area contributed by atoms with Crippen LogP contribution in [0, 0.1) is 11.6 Å². The van der Waals surface area contributed by atoms with Gasteiger partial charge in [0.15, 0.2) is 5.82 Å². The highest BCUT2D eigenvalue weighted by Crippen LogP contribution is 2.28. The third-order valence-electron chi connectivity index (χ3n) is 4.47. The van der Waals surface area contributed by atoms with Gasteiger partial charge < -0.3 is 9.42 Å². The number of rotatable bonds is 3. The first kappa shape index (κ1) is 17.2. The molecule has 1 atom stereocenters. The van der Waals surface area contributed by atoms with Crippen LogP contribution in [0.3, 0.4) is 0 Å². The molecule has 0 N–H and O–H groups in total. The summed E-state index contributed by atoms with van der Waals surface area (Å²) in [6.45, 7) is 0.671. The zero-order valence-electron chi connectivity index (χ0n) is 14.2. The molecule has 138 valence electrons. The number of amides is 1. The van der Waals surface area contributed by atoms with Crippen molar-refractivity contribution in [2.24, 2.45) is 0 Å². The summed E-state index contributed by atoms with van der Waals surface area (Å²) in [6.07, 6.45) is 5.97. The number of hydrogen-bond donors (Lipinski definition) is 0. The van der Waals surface area contributed by atoms with E-state index in [1.165, 1.54) is 29.6 Å². The van der Waals surface area contributed by atoms with Gasteiger partial charge in [0.2, 0.25) is 0 Å². The molecule has 0 spiro atoms. The third-order valence-corrected chi connectivity index (χ3v) is 4.47. The molecule has 4 rings (SSSR count). The van der Waals surface area contributed by atoms with E-state index in [0.717, 1.165) is 18.6 Å². The number of benzene rings is 1. The van der Waals surface area contributed by atoms with E-state index in [2.05, 4.69) is 20.1 Å². The van der Waals surface area contributed by atoms with Crippen LogP contribution < -0.4 is 0 Å². The van der Waals surface area contributed by atoms with Gasteiger partial charge in [-0.3, -0.25) is 9.78 Å². The molecule has 0 bridgehead atoms. The number of carbonyl (C=O) groups excluding carboxylic acids is 1. The first-order chi connectivity index (χ1) is 13.1. The summed E-state index contributed by atoms with van der Waals surface area (Å²) in [5, 5.41) is 3.98. The first-order valence-corrected chi connectivity index (χ1v) is 8.47. The molecule has 1 aliphatic heterocycles. The van der Waals surface area contributed by atoms with Crippen LogP contribution in [-0.2, 0) is 0 Å². The fourth-order valence-electron chi connectivity index (χ4n) is 3.15. The molecule has 1 amide bonds. The number of piperidine rings is 1. The molecule has 7 nitrogen and oxygen atoms in total. The van der Waals surface area contributed by atoms with Gasteiger partial charge in [0.25, 0.3) is 11.8 Å². The lowest BCUT2D eigenvalue weighted by molar-refractivity contribution is 0.0693. The SMILES string of the molecule is O=C(c1c(F)cccc1F)N1CCC[C@H](c2noc(-c3cnccn3)n2)C1. The zero-order valence-corrected chi connectivity index (χ0v) is 14.2. The quantitative estimate of drug-likeness (QED) is 0.704. The van der Waals surface area contributed by atoms with Gasteiger partial charge >= 0.3 is 0 Å². The van der Waals surface area contributed by atoms with Crippen molar-refractivity contribution in [2.45, 2.75) is 18.8 Å². The molecule has 0 radical (unpaired) electrons. The fourth-order valence-corrected chi connectivity index (χ4v) is 3.15. The number of carbonyl (C=O) groups is 1. The topological polar surface area (TPSA) is 85.0 Å². The lowest BCUT2D eigenvalue weighted by atomic mass is 9.96. The molecule has 2 aromatic heterocycles. The highest BCUT2D eigenvalue weighted by atomic mass is 19.1. The summed E-state index contributed by atoms with van der Waals surface area (Å²) in [7, 11) is 0. The minimum absolute atomic E-state index is 0.188. The van der Waals surface area contributed by atoms with E-state index >= 15 is 0 Å². The van der Waals surface area contributed by atoms with Gasteiger partial charge in [-0.2, -0.15) is 4.98 Å². The van der Waals surface area contributed by atoms with Crippen LogP contribution in [0.4, 0.5) is 8.78 Å². The monoisotopic (exact) mass is 371 g/mol. The molecule has 1 aromatic carbocycles. The molecular formula is C18H15F2N5O2. The van der Waals surface area contributed by atoms with Crippen LogP contribution in [0.1, 0.15) is 34.9 Å². The van der Waals surface area contributed by atoms with Crippen molar-refractivity contribution >= 4 is 5.91 Å². The maximum absolute atomic E-state index is 13.9. The highest BCUT2D eigenvalue weighted by molar-refractivity contribution is 5.94. The van der Waals surface area contributed by atoms with E-state index < -0.39 is 23.1 Å². The molecule has 0 unspecified atom stereocenters. The largest absolute Gasteiger partial charge is 0.338 e. The Labute approximate surface area is 153 Å². The summed E-state index contributed by atoms with van der Waals surface area (Å²) in [5.74, 6) is -1.93. The Hall–Kier alpha value is -3.23. The second kappa shape index (κ2) is 7.18. The van der Waals surface area contributed by atoms with Crippen molar-refractivity contribution in [1.82, 2.24) is 25.0 Å². The van der Waals surface area contributed by atoms with E-state index in [9.17, 15) is 13.6 Å². The Bertz CT molecular complexity index is 943. The Balaban J connectivity index is 1.54. The Morgan fingerprint density at radius 1 is 1.22 bits per heavy atom. The zero-order chi connectivity index (χ0) is 18.8. The van der Waals surface area contributed by atoms with Crippen LogP contribution in [0.5, 0.6) is 0 Å². The average molecular weight is 371 g/mol. The van der Waals surface area contributed by atoms with E-state index in [0.29, 0.717) is 24.5 Å². The van der Waals surface area contributed by atoms with E-state index in [-0.39, 0.29) is 18.4 Å². The Kier molecular flexibility index (Phi) is 4.57. The predicted octanol–water partition coefficient (Wildman–Crippen LogP) is 2.82. The fraction of sp³-hybridized carbons (Fsp3) is 0.278. The Morgan fingerprint density at radius 2 is 2.04 bits per heavy atom. The molecule has 3 aromatic rings. The van der Waals surface area contributed by atoms with Crippen LogP contribution in [0.25, 0.3) is 11.6 Å². The molecule has 0 aliphatic carbocycles. The summed E-state index contributed by atoms with van der Waals surface area (Å²) in [5.41, 5.74) is -0.0834. The normalized spacial score (nSPS) is 17.1. The van der Waals surface area contributed by atoms with Crippen molar-refractivity contribution in [3.8, 4) is 11.6 Å². The minimum Gasteiger partial charge on any atom is -0.338 e.